The van der Waals surface area contributed by atoms with Crippen LogP contribution in [0.5, 0.6) is 0 Å². The third-order valence-electron chi connectivity index (χ3n) is 3.50. The Morgan fingerprint density at radius 1 is 1.00 bits per heavy atom. The summed E-state index contributed by atoms with van der Waals surface area (Å²) in [6, 6.07) is 16.1. The van der Waals surface area contributed by atoms with Gasteiger partial charge in [0.1, 0.15) is 0 Å². The zero-order valence-corrected chi connectivity index (χ0v) is 12.9. The monoisotopic (exact) mass is 297 g/mol. The van der Waals surface area contributed by atoms with E-state index in [1.165, 1.54) is 11.1 Å². The summed E-state index contributed by atoms with van der Waals surface area (Å²) in [6.07, 6.45) is 0.830. The van der Waals surface area contributed by atoms with E-state index in [-0.39, 0.29) is 6.03 Å². The van der Waals surface area contributed by atoms with Crippen LogP contribution in [-0.2, 0) is 19.5 Å². The average Bonchev–Trinajstić information content (AvgIpc) is 2.55. The number of carbonyl (C=O) groups excluding carboxylic acids is 1. The predicted molar refractivity (Wildman–Crippen MR) is 89.5 cm³/mol. The second-order valence-corrected chi connectivity index (χ2v) is 5.37. The van der Waals surface area contributed by atoms with Gasteiger partial charge in [0, 0.05) is 19.6 Å². The number of amides is 2. The Labute approximate surface area is 131 Å². The van der Waals surface area contributed by atoms with Gasteiger partial charge in [0.25, 0.3) is 0 Å². The summed E-state index contributed by atoms with van der Waals surface area (Å²) < 4.78 is 0. The number of nitrogens with two attached hydrogens (primary N) is 1. The quantitative estimate of drug-likeness (QED) is 0.767. The molecule has 4 N–H and O–H groups in total. The smallest absolute Gasteiger partial charge is 0.315 e. The van der Waals surface area contributed by atoms with E-state index in [1.807, 2.05) is 24.3 Å². The Morgan fingerprint density at radius 3 is 2.45 bits per heavy atom. The fourth-order valence-electron chi connectivity index (χ4n) is 2.19. The van der Waals surface area contributed by atoms with Gasteiger partial charge in [-0.25, -0.2) is 4.79 Å². The van der Waals surface area contributed by atoms with Crippen molar-refractivity contribution in [3.8, 4) is 0 Å². The van der Waals surface area contributed by atoms with Gasteiger partial charge in [0.15, 0.2) is 0 Å². The number of urea groups is 1. The highest BCUT2D eigenvalue weighted by Gasteiger charge is 2.01. The number of benzene rings is 2. The van der Waals surface area contributed by atoms with E-state index in [0.717, 1.165) is 17.5 Å². The standard InChI is InChI=1S/C18H23N3O/c1-14-5-7-15(8-6-14)9-10-20-18(22)21-13-17-4-2-3-16(11-17)12-19/h2-8,11H,9-10,12-13,19H2,1H3,(H2,20,21,22). The van der Waals surface area contributed by atoms with Crippen molar-refractivity contribution in [3.05, 3.63) is 70.8 Å². The number of carbonyl (C=O) groups is 1. The van der Waals surface area contributed by atoms with Crippen molar-refractivity contribution in [2.75, 3.05) is 6.54 Å². The minimum atomic E-state index is -0.148. The molecule has 116 valence electrons. The second-order valence-electron chi connectivity index (χ2n) is 5.37. The molecule has 0 saturated carbocycles. The fourth-order valence-corrected chi connectivity index (χ4v) is 2.19. The van der Waals surface area contributed by atoms with Crippen LogP contribution in [-0.4, -0.2) is 12.6 Å². The summed E-state index contributed by atoms with van der Waals surface area (Å²) in [5.74, 6) is 0. The van der Waals surface area contributed by atoms with Gasteiger partial charge in [0.05, 0.1) is 0 Å². The number of hydrogen-bond acceptors (Lipinski definition) is 2. The zero-order valence-electron chi connectivity index (χ0n) is 12.9. The van der Waals surface area contributed by atoms with Gasteiger partial charge in [-0.1, -0.05) is 54.1 Å². The van der Waals surface area contributed by atoms with Gasteiger partial charge in [0.2, 0.25) is 0 Å². The third kappa shape index (κ3) is 5.22. The third-order valence-corrected chi connectivity index (χ3v) is 3.50. The molecule has 0 unspecified atom stereocenters. The van der Waals surface area contributed by atoms with Crippen molar-refractivity contribution in [1.29, 1.82) is 0 Å². The van der Waals surface area contributed by atoms with Crippen LogP contribution in [0.15, 0.2) is 48.5 Å². The molecule has 0 aliphatic heterocycles. The Morgan fingerprint density at radius 2 is 1.73 bits per heavy atom. The first kappa shape index (κ1) is 16.0. The van der Waals surface area contributed by atoms with Crippen molar-refractivity contribution in [1.82, 2.24) is 10.6 Å². The molecule has 0 saturated heterocycles. The van der Waals surface area contributed by atoms with E-state index >= 15 is 0 Å². The minimum absolute atomic E-state index is 0.148. The maximum Gasteiger partial charge on any atom is 0.315 e. The predicted octanol–water partition coefficient (Wildman–Crippen LogP) is 2.50. The van der Waals surface area contributed by atoms with Crippen molar-refractivity contribution < 1.29 is 4.79 Å². The van der Waals surface area contributed by atoms with E-state index in [9.17, 15) is 4.79 Å². The van der Waals surface area contributed by atoms with Crippen LogP contribution < -0.4 is 16.4 Å². The van der Waals surface area contributed by atoms with Crippen LogP contribution in [0.2, 0.25) is 0 Å². The van der Waals surface area contributed by atoms with Gasteiger partial charge >= 0.3 is 6.03 Å². The first-order valence-corrected chi connectivity index (χ1v) is 7.52. The summed E-state index contributed by atoms with van der Waals surface area (Å²) in [7, 11) is 0. The Hall–Kier alpha value is -2.33. The van der Waals surface area contributed by atoms with Gasteiger partial charge in [-0.05, 0) is 30.0 Å². The van der Waals surface area contributed by atoms with Crippen molar-refractivity contribution in [2.45, 2.75) is 26.4 Å². The highest BCUT2D eigenvalue weighted by Crippen LogP contribution is 2.04. The molecule has 0 aromatic heterocycles. The van der Waals surface area contributed by atoms with E-state index in [1.54, 1.807) is 0 Å². The molecule has 22 heavy (non-hydrogen) atoms. The van der Waals surface area contributed by atoms with Crippen molar-refractivity contribution >= 4 is 6.03 Å². The molecule has 2 rings (SSSR count). The number of rotatable bonds is 6. The molecule has 0 fully saturated rings. The summed E-state index contributed by atoms with van der Waals surface area (Å²) in [4.78, 5) is 11.8. The first-order valence-electron chi connectivity index (χ1n) is 7.52. The maximum atomic E-state index is 11.8. The number of nitrogens with one attached hydrogen (secondary N) is 2. The molecule has 4 heteroatoms. The van der Waals surface area contributed by atoms with Gasteiger partial charge < -0.3 is 16.4 Å². The maximum absolute atomic E-state index is 11.8. The number of hydrogen-bond donors (Lipinski definition) is 3. The Bertz CT molecular complexity index is 608. The van der Waals surface area contributed by atoms with Crippen LogP contribution in [0.25, 0.3) is 0 Å². The molecule has 0 aliphatic carbocycles. The molecule has 0 radical (unpaired) electrons. The molecule has 0 heterocycles. The van der Waals surface area contributed by atoms with E-state index < -0.39 is 0 Å². The van der Waals surface area contributed by atoms with Crippen LogP contribution >= 0.6 is 0 Å². The van der Waals surface area contributed by atoms with Crippen LogP contribution in [0, 0.1) is 6.92 Å². The zero-order chi connectivity index (χ0) is 15.8. The van der Waals surface area contributed by atoms with Crippen LogP contribution in [0.1, 0.15) is 22.3 Å². The molecule has 2 amide bonds. The summed E-state index contributed by atoms with van der Waals surface area (Å²) in [6.45, 7) is 3.70. The molecule has 4 nitrogen and oxygen atoms in total. The summed E-state index contributed by atoms with van der Waals surface area (Å²) in [5.41, 5.74) is 10.2. The van der Waals surface area contributed by atoms with Crippen molar-refractivity contribution in [2.24, 2.45) is 5.73 Å². The van der Waals surface area contributed by atoms with E-state index in [2.05, 4.69) is 41.8 Å². The van der Waals surface area contributed by atoms with Crippen LogP contribution in [0.4, 0.5) is 4.79 Å². The fraction of sp³-hybridized carbons (Fsp3) is 0.278. The molecule has 2 aromatic carbocycles. The van der Waals surface area contributed by atoms with E-state index in [4.69, 9.17) is 5.73 Å². The molecular formula is C18H23N3O. The molecule has 0 bridgehead atoms. The summed E-state index contributed by atoms with van der Waals surface area (Å²) in [5, 5.41) is 5.72. The molecule has 2 aromatic rings. The minimum Gasteiger partial charge on any atom is -0.338 e. The topological polar surface area (TPSA) is 67.2 Å². The van der Waals surface area contributed by atoms with Crippen molar-refractivity contribution in [3.63, 3.8) is 0 Å². The lowest BCUT2D eigenvalue weighted by Gasteiger charge is -2.09. The molecule has 0 aliphatic rings. The average molecular weight is 297 g/mol. The van der Waals surface area contributed by atoms with E-state index in [0.29, 0.717) is 19.6 Å². The normalized spacial score (nSPS) is 10.3. The number of aryl methyl sites for hydroxylation is 1. The first-order chi connectivity index (χ1) is 10.7. The highest BCUT2D eigenvalue weighted by molar-refractivity contribution is 5.73. The van der Waals surface area contributed by atoms with Gasteiger partial charge in [-0.2, -0.15) is 0 Å². The summed E-state index contributed by atoms with van der Waals surface area (Å²) >= 11 is 0. The Kier molecular flexibility index (Phi) is 5.98. The molecule has 0 spiro atoms. The van der Waals surface area contributed by atoms with Gasteiger partial charge in [-0.3, -0.25) is 0 Å². The largest absolute Gasteiger partial charge is 0.338 e. The van der Waals surface area contributed by atoms with Crippen LogP contribution in [0.3, 0.4) is 0 Å². The lowest BCUT2D eigenvalue weighted by Crippen LogP contribution is -2.36. The second kappa shape index (κ2) is 8.20. The Balaban J connectivity index is 1.70. The lowest BCUT2D eigenvalue weighted by molar-refractivity contribution is 0.240. The molecule has 0 atom stereocenters. The van der Waals surface area contributed by atoms with Gasteiger partial charge in [-0.15, -0.1) is 0 Å². The highest BCUT2D eigenvalue weighted by atomic mass is 16.2. The lowest BCUT2D eigenvalue weighted by atomic mass is 10.1. The SMILES string of the molecule is Cc1ccc(CCNC(=O)NCc2cccc(CN)c2)cc1. The molecular weight excluding hydrogens is 274 g/mol.